The molecule has 0 amide bonds. The van der Waals surface area contributed by atoms with Crippen molar-refractivity contribution in [1.82, 2.24) is 19.9 Å². The zero-order valence-electron chi connectivity index (χ0n) is 16.2. The van der Waals surface area contributed by atoms with Crippen LogP contribution in [0.1, 0.15) is 18.4 Å². The number of aromatic nitrogens is 4. The molecule has 0 fully saturated rings. The van der Waals surface area contributed by atoms with Gasteiger partial charge in [-0.05, 0) is 42.3 Å². The number of hydrogen-bond acceptors (Lipinski definition) is 6. The van der Waals surface area contributed by atoms with Gasteiger partial charge < -0.3 is 9.26 Å². The van der Waals surface area contributed by atoms with E-state index in [1.54, 1.807) is 13.2 Å². The number of rotatable bonds is 6. The van der Waals surface area contributed by atoms with Crippen molar-refractivity contribution >= 4 is 0 Å². The van der Waals surface area contributed by atoms with Crippen LogP contribution in [-0.4, -0.2) is 27.0 Å². The Morgan fingerprint density at radius 3 is 2.38 bits per heavy atom. The molecule has 0 aliphatic heterocycles. The summed E-state index contributed by atoms with van der Waals surface area (Å²) in [5, 5.41) is 8.46. The molecule has 0 atom stereocenters. The first-order valence-electron chi connectivity index (χ1n) is 9.31. The summed E-state index contributed by atoms with van der Waals surface area (Å²) in [6, 6.07) is 18.7. The van der Waals surface area contributed by atoms with Crippen molar-refractivity contribution in [2.24, 2.45) is 0 Å². The number of hydrogen-bond donors (Lipinski definition) is 0. The Bertz CT molecular complexity index is 1160. The van der Waals surface area contributed by atoms with E-state index in [0.29, 0.717) is 17.4 Å². The Balaban J connectivity index is 1.57. The second-order valence-electron chi connectivity index (χ2n) is 6.51. The van der Waals surface area contributed by atoms with Gasteiger partial charge in [-0.25, -0.2) is 4.68 Å². The molecule has 0 saturated heterocycles. The summed E-state index contributed by atoms with van der Waals surface area (Å²) in [6.07, 6.45) is 0.973. The van der Waals surface area contributed by atoms with Crippen LogP contribution in [0.2, 0.25) is 0 Å². The van der Waals surface area contributed by atoms with Crippen LogP contribution in [0, 0.1) is 0 Å². The smallest absolute Gasteiger partial charge is 0.267 e. The average molecular weight is 388 g/mol. The number of aryl methyl sites for hydroxylation is 1. The lowest BCUT2D eigenvalue weighted by atomic mass is 10.1. The van der Waals surface area contributed by atoms with Crippen LogP contribution < -0.4 is 10.3 Å². The Kier molecular flexibility index (Phi) is 5.20. The largest absolute Gasteiger partial charge is 0.497 e. The lowest BCUT2D eigenvalue weighted by Gasteiger charge is -2.06. The van der Waals surface area contributed by atoms with E-state index in [2.05, 4.69) is 34.3 Å². The molecular formula is C22H20N4O3. The number of ether oxygens (including phenoxy) is 1. The van der Waals surface area contributed by atoms with E-state index in [1.807, 2.05) is 36.4 Å². The summed E-state index contributed by atoms with van der Waals surface area (Å²) < 4.78 is 11.8. The molecule has 0 radical (unpaired) electrons. The first-order valence-corrected chi connectivity index (χ1v) is 9.31. The predicted molar refractivity (Wildman–Crippen MR) is 109 cm³/mol. The molecule has 0 aliphatic carbocycles. The molecule has 0 N–H and O–H groups in total. The minimum atomic E-state index is -0.233. The summed E-state index contributed by atoms with van der Waals surface area (Å²) in [4.78, 5) is 16.6. The first kappa shape index (κ1) is 18.6. The molecule has 7 heteroatoms. The molecule has 2 heterocycles. The molecule has 29 heavy (non-hydrogen) atoms. The normalized spacial score (nSPS) is 10.8. The van der Waals surface area contributed by atoms with E-state index in [-0.39, 0.29) is 12.1 Å². The van der Waals surface area contributed by atoms with Crippen molar-refractivity contribution in [2.75, 3.05) is 7.11 Å². The molecule has 0 saturated carbocycles. The molecular weight excluding hydrogens is 368 g/mol. The third-order valence-corrected chi connectivity index (χ3v) is 4.63. The molecule has 7 nitrogen and oxygen atoms in total. The maximum absolute atomic E-state index is 12.3. The molecule has 146 valence electrons. The first-order chi connectivity index (χ1) is 14.2. The third kappa shape index (κ3) is 4.08. The van der Waals surface area contributed by atoms with Crippen molar-refractivity contribution in [3.63, 3.8) is 0 Å². The van der Waals surface area contributed by atoms with Crippen LogP contribution in [0.3, 0.4) is 0 Å². The maximum atomic E-state index is 12.3. The molecule has 0 bridgehead atoms. The molecule has 2 aromatic heterocycles. The van der Waals surface area contributed by atoms with E-state index in [9.17, 15) is 4.79 Å². The highest BCUT2D eigenvalue weighted by Gasteiger charge is 2.12. The van der Waals surface area contributed by atoms with Gasteiger partial charge in [-0.15, -0.1) is 0 Å². The lowest BCUT2D eigenvalue weighted by molar-refractivity contribution is 0.363. The highest BCUT2D eigenvalue weighted by molar-refractivity contribution is 5.58. The van der Waals surface area contributed by atoms with Crippen molar-refractivity contribution in [1.29, 1.82) is 0 Å². The fourth-order valence-electron chi connectivity index (χ4n) is 2.93. The van der Waals surface area contributed by atoms with Gasteiger partial charge in [-0.3, -0.25) is 4.79 Å². The van der Waals surface area contributed by atoms with Crippen LogP contribution in [0.5, 0.6) is 5.75 Å². The fourth-order valence-corrected chi connectivity index (χ4v) is 2.93. The molecule has 2 aromatic carbocycles. The van der Waals surface area contributed by atoms with Gasteiger partial charge in [0.25, 0.3) is 5.56 Å². The Morgan fingerprint density at radius 2 is 1.69 bits per heavy atom. The summed E-state index contributed by atoms with van der Waals surface area (Å²) in [7, 11) is 1.61. The number of nitrogens with zero attached hydrogens (tertiary/aromatic N) is 4. The Hall–Kier alpha value is -3.74. The lowest BCUT2D eigenvalue weighted by Crippen LogP contribution is -2.23. The standard InChI is InChI=1S/C22H20N4O3/c1-3-15-4-6-16(7-5-15)19-12-13-21(27)26(24-19)14-20-23-22(25-29-20)17-8-10-18(28-2)11-9-17/h4-13H,3,14H2,1-2H3. The van der Waals surface area contributed by atoms with Gasteiger partial charge >= 0.3 is 0 Å². The highest BCUT2D eigenvalue weighted by atomic mass is 16.5. The molecule has 0 unspecified atom stereocenters. The fraction of sp³-hybridized carbons (Fsp3) is 0.182. The summed E-state index contributed by atoms with van der Waals surface area (Å²) >= 11 is 0. The van der Waals surface area contributed by atoms with Gasteiger partial charge in [0.05, 0.1) is 12.8 Å². The molecule has 4 aromatic rings. The van der Waals surface area contributed by atoms with Crippen LogP contribution in [-0.2, 0) is 13.0 Å². The average Bonchev–Trinajstić information content (AvgIpc) is 3.24. The van der Waals surface area contributed by atoms with Crippen LogP contribution in [0.4, 0.5) is 0 Å². The minimum Gasteiger partial charge on any atom is -0.497 e. The molecule has 0 aliphatic rings. The van der Waals surface area contributed by atoms with E-state index in [4.69, 9.17) is 9.26 Å². The summed E-state index contributed by atoms with van der Waals surface area (Å²) in [5.41, 5.74) is 3.47. The predicted octanol–water partition coefficient (Wildman–Crippen LogP) is 3.58. The molecule has 0 spiro atoms. The second kappa shape index (κ2) is 8.10. The van der Waals surface area contributed by atoms with E-state index >= 15 is 0 Å². The van der Waals surface area contributed by atoms with Crippen LogP contribution in [0.25, 0.3) is 22.6 Å². The van der Waals surface area contributed by atoms with Gasteiger partial charge in [-0.2, -0.15) is 10.1 Å². The van der Waals surface area contributed by atoms with Gasteiger partial charge in [0.2, 0.25) is 11.7 Å². The Morgan fingerprint density at radius 1 is 0.966 bits per heavy atom. The van der Waals surface area contributed by atoms with Gasteiger partial charge in [0.15, 0.2) is 0 Å². The van der Waals surface area contributed by atoms with Crippen LogP contribution >= 0.6 is 0 Å². The SMILES string of the molecule is CCc1ccc(-c2ccc(=O)n(Cc3nc(-c4ccc(OC)cc4)no3)n2)cc1. The third-order valence-electron chi connectivity index (χ3n) is 4.63. The van der Waals surface area contributed by atoms with E-state index in [1.165, 1.54) is 16.3 Å². The number of methoxy groups -OCH3 is 1. The second-order valence-corrected chi connectivity index (χ2v) is 6.51. The zero-order valence-corrected chi connectivity index (χ0v) is 16.2. The summed E-state index contributed by atoms with van der Waals surface area (Å²) in [5.74, 6) is 1.50. The summed E-state index contributed by atoms with van der Waals surface area (Å²) in [6.45, 7) is 2.21. The van der Waals surface area contributed by atoms with E-state index < -0.39 is 0 Å². The van der Waals surface area contributed by atoms with Crippen LogP contribution in [0.15, 0.2) is 70.0 Å². The minimum absolute atomic E-state index is 0.100. The Labute approximate surface area is 167 Å². The van der Waals surface area contributed by atoms with Gasteiger partial charge in [-0.1, -0.05) is 36.3 Å². The molecule has 4 rings (SSSR count). The van der Waals surface area contributed by atoms with E-state index in [0.717, 1.165) is 23.3 Å². The van der Waals surface area contributed by atoms with Crippen molar-refractivity contribution in [2.45, 2.75) is 19.9 Å². The van der Waals surface area contributed by atoms with Gasteiger partial charge in [0, 0.05) is 17.2 Å². The monoisotopic (exact) mass is 388 g/mol. The maximum Gasteiger partial charge on any atom is 0.267 e. The zero-order chi connectivity index (χ0) is 20.2. The highest BCUT2D eigenvalue weighted by Crippen LogP contribution is 2.20. The number of benzene rings is 2. The van der Waals surface area contributed by atoms with Crippen molar-refractivity contribution in [3.05, 3.63) is 82.5 Å². The van der Waals surface area contributed by atoms with Gasteiger partial charge in [0.1, 0.15) is 12.3 Å². The quantitative estimate of drug-likeness (QED) is 0.502. The van der Waals surface area contributed by atoms with Crippen molar-refractivity contribution in [3.8, 4) is 28.4 Å². The topological polar surface area (TPSA) is 83.0 Å². The van der Waals surface area contributed by atoms with Crippen molar-refractivity contribution < 1.29 is 9.26 Å².